The number of esters is 2. The van der Waals surface area contributed by atoms with E-state index in [0.29, 0.717) is 0 Å². The Hall–Kier alpha value is -2.63. The zero-order chi connectivity index (χ0) is 21.4. The minimum atomic E-state index is -3.99. The molecule has 2 heterocycles. The Kier molecular flexibility index (Phi) is 5.74. The Balaban J connectivity index is 2.48. The number of fused-ring (bicyclic) bond motifs is 1. The van der Waals surface area contributed by atoms with Gasteiger partial charge in [-0.05, 0) is 20.8 Å². The molecule has 1 N–H and O–H groups in total. The highest BCUT2D eigenvalue weighted by Gasteiger charge is 2.61. The largest absolute Gasteiger partial charge is 0.461 e. The summed E-state index contributed by atoms with van der Waals surface area (Å²) in [5, 5.41) is 0.668. The van der Waals surface area contributed by atoms with Crippen LogP contribution in [0.3, 0.4) is 0 Å². The van der Waals surface area contributed by atoms with Crippen LogP contribution in [-0.4, -0.2) is 73.7 Å². The van der Waals surface area contributed by atoms with E-state index in [4.69, 9.17) is 9.47 Å². The van der Waals surface area contributed by atoms with E-state index in [1.165, 1.54) is 0 Å². The van der Waals surface area contributed by atoms with Crippen LogP contribution >= 0.6 is 0 Å². The van der Waals surface area contributed by atoms with E-state index in [9.17, 15) is 27.6 Å². The molecule has 0 aromatic carbocycles. The lowest BCUT2D eigenvalue weighted by Gasteiger charge is -2.49. The molecule has 0 saturated carbocycles. The van der Waals surface area contributed by atoms with Crippen LogP contribution < -0.4 is 5.32 Å². The minimum absolute atomic E-state index is 0.0782. The van der Waals surface area contributed by atoms with Gasteiger partial charge in [-0.15, -0.1) is 0 Å². The van der Waals surface area contributed by atoms with Crippen molar-refractivity contribution in [3.05, 3.63) is 11.3 Å². The molecule has 2 aliphatic heterocycles. The van der Waals surface area contributed by atoms with Gasteiger partial charge in [-0.3, -0.25) is 14.5 Å². The Morgan fingerprint density at radius 1 is 1.25 bits per heavy atom. The van der Waals surface area contributed by atoms with E-state index >= 15 is 0 Å². The van der Waals surface area contributed by atoms with Gasteiger partial charge in [0.05, 0.1) is 12.9 Å². The Labute approximate surface area is 161 Å². The zero-order valence-electron chi connectivity index (χ0n) is 16.1. The number of nitrogens with zero attached hydrogens (tertiary/aromatic N) is 1. The van der Waals surface area contributed by atoms with Gasteiger partial charge in [-0.25, -0.2) is 18.0 Å². The van der Waals surface area contributed by atoms with Gasteiger partial charge < -0.3 is 19.5 Å². The predicted octanol–water partition coefficient (Wildman–Crippen LogP) is -0.533. The van der Waals surface area contributed by atoms with Crippen LogP contribution in [0.5, 0.6) is 0 Å². The summed E-state index contributed by atoms with van der Waals surface area (Å²) in [7, 11) is -2.92. The zero-order valence-corrected chi connectivity index (χ0v) is 16.9. The van der Waals surface area contributed by atoms with Gasteiger partial charge in [0, 0.05) is 12.5 Å². The predicted molar refractivity (Wildman–Crippen MR) is 93.3 cm³/mol. The van der Waals surface area contributed by atoms with Crippen LogP contribution in [0.2, 0.25) is 0 Å². The molecule has 156 valence electrons. The van der Waals surface area contributed by atoms with Gasteiger partial charge in [0.15, 0.2) is 15.2 Å². The van der Waals surface area contributed by atoms with Crippen molar-refractivity contribution in [2.75, 3.05) is 19.5 Å². The summed E-state index contributed by atoms with van der Waals surface area (Å²) in [6, 6.07) is -1.40. The van der Waals surface area contributed by atoms with Crippen LogP contribution in [0, 0.1) is 0 Å². The molecule has 12 heteroatoms. The number of nitrogens with one attached hydrogen (secondary N) is 1. The molecule has 0 aromatic heterocycles. The first-order chi connectivity index (χ1) is 12.8. The topological polar surface area (TPSA) is 145 Å². The quantitative estimate of drug-likeness (QED) is 0.361. The molecule has 28 heavy (non-hydrogen) atoms. The third-order valence-electron chi connectivity index (χ3n) is 3.86. The summed E-state index contributed by atoms with van der Waals surface area (Å²) < 4.78 is 39.9. The van der Waals surface area contributed by atoms with Gasteiger partial charge >= 0.3 is 18.0 Å². The highest BCUT2D eigenvalue weighted by atomic mass is 32.2. The maximum absolute atomic E-state index is 12.7. The van der Waals surface area contributed by atoms with Crippen molar-refractivity contribution in [2.45, 2.75) is 44.7 Å². The highest BCUT2D eigenvalue weighted by Crippen LogP contribution is 2.37. The fraction of sp³-hybridized carbons (Fsp3) is 0.625. The normalized spacial score (nSPS) is 23.3. The van der Waals surface area contributed by atoms with E-state index in [1.807, 2.05) is 0 Å². The number of hydrogen-bond donors (Lipinski definition) is 1. The molecule has 1 unspecified atom stereocenters. The number of β-lactam (4-membered cyclic amide) rings is 1. The number of hydrogen-bond acceptors (Lipinski definition) is 9. The van der Waals surface area contributed by atoms with Crippen LogP contribution in [0.1, 0.15) is 27.7 Å². The van der Waals surface area contributed by atoms with Crippen molar-refractivity contribution in [2.24, 2.45) is 0 Å². The first-order valence-electron chi connectivity index (χ1n) is 8.26. The van der Waals surface area contributed by atoms with Gasteiger partial charge in [-0.2, -0.15) is 0 Å². The Morgan fingerprint density at radius 2 is 1.86 bits per heavy atom. The number of alkyl carbamates (subject to hydrolysis) is 1. The van der Waals surface area contributed by atoms with Crippen molar-refractivity contribution in [1.82, 2.24) is 10.2 Å². The van der Waals surface area contributed by atoms with Crippen molar-refractivity contribution < 1.29 is 41.8 Å². The number of amides is 2. The lowest BCUT2D eigenvalue weighted by atomic mass is 10.0. The first-order valence-corrected chi connectivity index (χ1v) is 9.98. The minimum Gasteiger partial charge on any atom is -0.461 e. The second-order valence-electron chi connectivity index (χ2n) is 7.25. The van der Waals surface area contributed by atoms with E-state index in [2.05, 4.69) is 10.1 Å². The van der Waals surface area contributed by atoms with Crippen molar-refractivity contribution >= 4 is 33.8 Å². The van der Waals surface area contributed by atoms with Gasteiger partial charge in [-0.1, -0.05) is 0 Å². The van der Waals surface area contributed by atoms with E-state index in [-0.39, 0.29) is 11.3 Å². The highest BCUT2D eigenvalue weighted by molar-refractivity contribution is 7.92. The van der Waals surface area contributed by atoms with Crippen LogP contribution in [0.25, 0.3) is 0 Å². The summed E-state index contributed by atoms with van der Waals surface area (Å²) in [5.74, 6) is -3.07. The second-order valence-corrected chi connectivity index (χ2v) is 9.35. The maximum Gasteiger partial charge on any atom is 0.407 e. The Bertz CT molecular complexity index is 854. The molecule has 0 spiro atoms. The average molecular weight is 418 g/mol. The molecular weight excluding hydrogens is 396 g/mol. The van der Waals surface area contributed by atoms with Crippen LogP contribution in [-0.2, 0) is 38.4 Å². The monoisotopic (exact) mass is 418 g/mol. The lowest BCUT2D eigenvalue weighted by molar-refractivity contribution is -0.159. The van der Waals surface area contributed by atoms with Crippen molar-refractivity contribution in [3.63, 3.8) is 0 Å². The van der Waals surface area contributed by atoms with E-state index in [0.717, 1.165) is 18.9 Å². The standard InChI is InChI=1S/C16H22N2O9S/c1-8(19)26-6-9-7-28(23,24)13-10(17-15(22)25-5)12(20)18(13)11(9)14(21)27-16(2,3)4/h10,13H,6-7H2,1-5H3,(H,17,22)/t10-,13?/m0/s1. The van der Waals surface area contributed by atoms with Crippen LogP contribution in [0.4, 0.5) is 4.79 Å². The number of rotatable bonds is 4. The number of ether oxygens (including phenoxy) is 3. The lowest BCUT2D eigenvalue weighted by Crippen LogP contribution is -2.75. The summed E-state index contributed by atoms with van der Waals surface area (Å²) in [6.45, 7) is 5.45. The van der Waals surface area contributed by atoms with Crippen LogP contribution in [0.15, 0.2) is 11.3 Å². The average Bonchev–Trinajstić information content (AvgIpc) is 2.54. The SMILES string of the molecule is COC(=O)N[C@H]1C(=O)N2C(C(=O)OC(C)(C)C)=C(COC(C)=O)CS(=O)(=O)C12. The molecule has 2 amide bonds. The molecule has 11 nitrogen and oxygen atoms in total. The summed E-state index contributed by atoms with van der Waals surface area (Å²) >= 11 is 0. The summed E-state index contributed by atoms with van der Waals surface area (Å²) in [5.41, 5.74) is -1.30. The third-order valence-corrected chi connectivity index (χ3v) is 5.83. The smallest absolute Gasteiger partial charge is 0.407 e. The molecule has 0 aliphatic carbocycles. The molecule has 0 aromatic rings. The van der Waals surface area contributed by atoms with Crippen molar-refractivity contribution in [1.29, 1.82) is 0 Å². The number of sulfone groups is 1. The van der Waals surface area contributed by atoms with Gasteiger partial charge in [0.2, 0.25) is 0 Å². The molecule has 2 aliphatic rings. The molecule has 0 radical (unpaired) electrons. The molecule has 1 saturated heterocycles. The van der Waals surface area contributed by atoms with Gasteiger partial charge in [0.25, 0.3) is 5.91 Å². The second kappa shape index (κ2) is 7.41. The Morgan fingerprint density at radius 3 is 2.36 bits per heavy atom. The first kappa shape index (κ1) is 21.7. The fourth-order valence-corrected chi connectivity index (χ4v) is 4.83. The summed E-state index contributed by atoms with van der Waals surface area (Å²) in [6.07, 6.45) is -0.985. The molecule has 2 atom stereocenters. The number of carbonyl (C=O) groups excluding carboxylic acids is 4. The molecule has 2 rings (SSSR count). The molecule has 1 fully saturated rings. The fourth-order valence-electron chi connectivity index (χ4n) is 2.82. The van der Waals surface area contributed by atoms with E-state index < -0.39 is 63.2 Å². The number of carbonyl (C=O) groups is 4. The molecular formula is C16H22N2O9S. The summed E-state index contributed by atoms with van der Waals surface area (Å²) in [4.78, 5) is 48.5. The maximum atomic E-state index is 12.7. The van der Waals surface area contributed by atoms with Gasteiger partial charge in [0.1, 0.15) is 23.9 Å². The molecule has 0 bridgehead atoms. The van der Waals surface area contributed by atoms with E-state index in [1.54, 1.807) is 20.8 Å². The van der Waals surface area contributed by atoms with Crippen molar-refractivity contribution in [3.8, 4) is 0 Å². The number of methoxy groups -OCH3 is 1. The third kappa shape index (κ3) is 4.26.